The predicted octanol–water partition coefficient (Wildman–Crippen LogP) is 1.62. The summed E-state index contributed by atoms with van der Waals surface area (Å²) in [6.45, 7) is 2.98. The first-order chi connectivity index (χ1) is 9.59. The second-order valence-electron chi connectivity index (χ2n) is 4.91. The average Bonchev–Trinajstić information content (AvgIpc) is 2.95. The molecule has 1 heterocycles. The van der Waals surface area contributed by atoms with Crippen LogP contribution in [0, 0.1) is 0 Å². The zero-order valence-electron chi connectivity index (χ0n) is 11.7. The molecule has 20 heavy (non-hydrogen) atoms. The molecule has 1 saturated heterocycles. The maximum absolute atomic E-state index is 12.5. The van der Waals surface area contributed by atoms with E-state index in [0.717, 1.165) is 12.8 Å². The molecule has 112 valence electrons. The molecular formula is C14H21NO4S. The minimum absolute atomic E-state index is 0.128. The van der Waals surface area contributed by atoms with Gasteiger partial charge < -0.3 is 9.84 Å². The number of hydrogen-bond acceptors (Lipinski definition) is 4. The van der Waals surface area contributed by atoms with Gasteiger partial charge in [-0.2, -0.15) is 4.31 Å². The molecule has 1 aromatic rings. The van der Waals surface area contributed by atoms with Gasteiger partial charge in [0.2, 0.25) is 10.0 Å². The zero-order valence-corrected chi connectivity index (χ0v) is 12.5. The maximum Gasteiger partial charge on any atom is 0.243 e. The van der Waals surface area contributed by atoms with Gasteiger partial charge in [0.05, 0.1) is 18.1 Å². The van der Waals surface area contributed by atoms with Gasteiger partial charge in [0, 0.05) is 12.6 Å². The molecule has 2 rings (SSSR count). The fraction of sp³-hybridized carbons (Fsp3) is 0.571. The molecular weight excluding hydrogens is 278 g/mol. The van der Waals surface area contributed by atoms with Crippen molar-refractivity contribution in [1.82, 2.24) is 4.31 Å². The molecule has 1 aromatic carbocycles. The first kappa shape index (κ1) is 15.3. The van der Waals surface area contributed by atoms with E-state index in [2.05, 4.69) is 0 Å². The Morgan fingerprint density at radius 1 is 1.35 bits per heavy atom. The first-order valence-corrected chi connectivity index (χ1v) is 8.39. The van der Waals surface area contributed by atoms with Gasteiger partial charge in [0.1, 0.15) is 5.75 Å². The van der Waals surface area contributed by atoms with E-state index in [9.17, 15) is 13.5 Å². The highest BCUT2D eigenvalue weighted by atomic mass is 32.2. The molecule has 0 bridgehead atoms. The normalized spacial score (nSPS) is 20.2. The molecule has 0 unspecified atom stereocenters. The molecule has 1 aliphatic heterocycles. The van der Waals surface area contributed by atoms with Crippen LogP contribution >= 0.6 is 0 Å². The van der Waals surface area contributed by atoms with Gasteiger partial charge in [-0.05, 0) is 43.5 Å². The highest BCUT2D eigenvalue weighted by Crippen LogP contribution is 2.26. The number of sulfonamides is 1. The zero-order chi connectivity index (χ0) is 14.6. The van der Waals surface area contributed by atoms with Crippen molar-refractivity contribution in [3.05, 3.63) is 24.3 Å². The Morgan fingerprint density at radius 3 is 2.65 bits per heavy atom. The molecule has 0 spiro atoms. The van der Waals surface area contributed by atoms with Crippen molar-refractivity contribution in [2.45, 2.75) is 37.1 Å². The quantitative estimate of drug-likeness (QED) is 0.867. The van der Waals surface area contributed by atoms with Crippen LogP contribution in [0.3, 0.4) is 0 Å². The molecule has 1 aliphatic rings. The van der Waals surface area contributed by atoms with E-state index in [1.165, 1.54) is 4.31 Å². The third-order valence-corrected chi connectivity index (χ3v) is 5.40. The SMILES string of the molecule is CCCOc1ccc(S(=O)(=O)N2CCC[C@@H]2CO)cc1. The lowest BCUT2D eigenvalue weighted by atomic mass is 10.2. The van der Waals surface area contributed by atoms with Crippen LogP contribution in [0.5, 0.6) is 5.75 Å². The van der Waals surface area contributed by atoms with Crippen molar-refractivity contribution < 1.29 is 18.3 Å². The van der Waals surface area contributed by atoms with Crippen LogP contribution in [0.25, 0.3) is 0 Å². The van der Waals surface area contributed by atoms with E-state index in [1.54, 1.807) is 24.3 Å². The lowest BCUT2D eigenvalue weighted by molar-refractivity contribution is 0.213. The summed E-state index contributed by atoms with van der Waals surface area (Å²) < 4.78 is 31.8. The van der Waals surface area contributed by atoms with Crippen molar-refractivity contribution in [1.29, 1.82) is 0 Å². The fourth-order valence-corrected chi connectivity index (χ4v) is 4.06. The summed E-state index contributed by atoms with van der Waals surface area (Å²) in [5, 5.41) is 9.26. The number of nitrogens with zero attached hydrogens (tertiary/aromatic N) is 1. The van der Waals surface area contributed by atoms with Crippen molar-refractivity contribution in [3.8, 4) is 5.75 Å². The number of hydrogen-bond donors (Lipinski definition) is 1. The van der Waals surface area contributed by atoms with Gasteiger partial charge in [0.15, 0.2) is 0 Å². The van der Waals surface area contributed by atoms with Crippen LogP contribution < -0.4 is 4.74 Å². The van der Waals surface area contributed by atoms with Crippen molar-refractivity contribution >= 4 is 10.0 Å². The van der Waals surface area contributed by atoms with Crippen LogP contribution in [0.2, 0.25) is 0 Å². The molecule has 6 heteroatoms. The van der Waals surface area contributed by atoms with Gasteiger partial charge in [0.25, 0.3) is 0 Å². The molecule has 0 aliphatic carbocycles. The summed E-state index contributed by atoms with van der Waals surface area (Å²) >= 11 is 0. The van der Waals surface area contributed by atoms with Gasteiger partial charge in [-0.3, -0.25) is 0 Å². The third kappa shape index (κ3) is 3.13. The summed E-state index contributed by atoms with van der Waals surface area (Å²) in [5.41, 5.74) is 0. The summed E-state index contributed by atoms with van der Waals surface area (Å²) in [7, 11) is -3.52. The number of ether oxygens (including phenoxy) is 1. The Bertz CT molecular complexity index is 527. The van der Waals surface area contributed by atoms with Gasteiger partial charge in [-0.1, -0.05) is 6.92 Å². The largest absolute Gasteiger partial charge is 0.494 e. The van der Waals surface area contributed by atoms with E-state index >= 15 is 0 Å². The van der Waals surface area contributed by atoms with E-state index in [4.69, 9.17) is 4.74 Å². The van der Waals surface area contributed by atoms with E-state index in [0.29, 0.717) is 25.3 Å². The van der Waals surface area contributed by atoms with Gasteiger partial charge in [-0.25, -0.2) is 8.42 Å². The van der Waals surface area contributed by atoms with Gasteiger partial charge >= 0.3 is 0 Å². The molecule has 1 fully saturated rings. The standard InChI is InChI=1S/C14H21NO4S/c1-2-10-19-13-5-7-14(8-6-13)20(17,18)15-9-3-4-12(15)11-16/h5-8,12,16H,2-4,9-11H2,1H3/t12-/m1/s1. The average molecular weight is 299 g/mol. The monoisotopic (exact) mass is 299 g/mol. The molecule has 5 nitrogen and oxygen atoms in total. The van der Waals surface area contributed by atoms with E-state index in [-0.39, 0.29) is 17.5 Å². The number of benzene rings is 1. The third-order valence-electron chi connectivity index (χ3n) is 3.44. The van der Waals surface area contributed by atoms with Crippen LogP contribution in [0.15, 0.2) is 29.2 Å². The topological polar surface area (TPSA) is 66.8 Å². The molecule has 0 aromatic heterocycles. The van der Waals surface area contributed by atoms with Crippen molar-refractivity contribution in [2.75, 3.05) is 19.8 Å². The fourth-order valence-electron chi connectivity index (χ4n) is 2.37. The number of aliphatic hydroxyl groups is 1. The van der Waals surface area contributed by atoms with Gasteiger partial charge in [-0.15, -0.1) is 0 Å². The minimum atomic E-state index is -3.52. The van der Waals surface area contributed by atoms with Crippen LogP contribution in [0.4, 0.5) is 0 Å². The summed E-state index contributed by atoms with van der Waals surface area (Å²) in [5.74, 6) is 0.672. The number of aliphatic hydroxyl groups excluding tert-OH is 1. The Labute approximate surface area is 120 Å². The lowest BCUT2D eigenvalue weighted by Gasteiger charge is -2.22. The predicted molar refractivity (Wildman–Crippen MR) is 76.2 cm³/mol. The minimum Gasteiger partial charge on any atom is -0.494 e. The molecule has 1 N–H and O–H groups in total. The lowest BCUT2D eigenvalue weighted by Crippen LogP contribution is -2.37. The van der Waals surface area contributed by atoms with Crippen molar-refractivity contribution in [2.24, 2.45) is 0 Å². The summed E-state index contributed by atoms with van der Waals surface area (Å²) in [6, 6.07) is 6.18. The van der Waals surface area contributed by atoms with Crippen LogP contribution in [0.1, 0.15) is 26.2 Å². The Balaban J connectivity index is 2.17. The molecule has 0 amide bonds. The molecule has 1 atom stereocenters. The smallest absolute Gasteiger partial charge is 0.243 e. The molecule has 0 radical (unpaired) electrons. The highest BCUT2D eigenvalue weighted by molar-refractivity contribution is 7.89. The highest BCUT2D eigenvalue weighted by Gasteiger charge is 2.34. The first-order valence-electron chi connectivity index (χ1n) is 6.95. The van der Waals surface area contributed by atoms with Crippen molar-refractivity contribution in [3.63, 3.8) is 0 Å². The maximum atomic E-state index is 12.5. The van der Waals surface area contributed by atoms with Crippen LogP contribution in [-0.4, -0.2) is 43.6 Å². The Morgan fingerprint density at radius 2 is 2.05 bits per heavy atom. The number of rotatable bonds is 6. The Hall–Kier alpha value is -1.11. The Kier molecular flexibility index (Phi) is 5.01. The van der Waals surface area contributed by atoms with E-state index in [1.807, 2.05) is 6.92 Å². The van der Waals surface area contributed by atoms with E-state index < -0.39 is 10.0 Å². The molecule has 0 saturated carbocycles. The second kappa shape index (κ2) is 6.56. The summed E-state index contributed by atoms with van der Waals surface area (Å²) in [6.07, 6.45) is 2.42. The van der Waals surface area contributed by atoms with Crippen LogP contribution in [-0.2, 0) is 10.0 Å². The second-order valence-corrected chi connectivity index (χ2v) is 6.80. The summed E-state index contributed by atoms with van der Waals surface area (Å²) in [4.78, 5) is 0.252.